The standard InChI is InChI=1S/C22H38N4O4S2/c1-19-7-8-20(2)22(18-19)32(29,30)26(15-14-24-11-5-4-6-21(24)3)16-17-31(27,28)25-12-9-23-10-13-25/h7-8,18,21,23H,4-6,9-17H2,1-3H3/t21-/m1/s1. The number of likely N-dealkylation sites (tertiary alicyclic amines) is 1. The van der Waals surface area contributed by atoms with E-state index >= 15 is 0 Å². The van der Waals surface area contributed by atoms with Gasteiger partial charge in [0.1, 0.15) is 0 Å². The van der Waals surface area contributed by atoms with Crippen LogP contribution in [-0.4, -0.2) is 94.5 Å². The number of nitrogens with one attached hydrogen (secondary N) is 1. The zero-order valence-electron chi connectivity index (χ0n) is 19.6. The Bertz CT molecular complexity index is 976. The summed E-state index contributed by atoms with van der Waals surface area (Å²) in [5.74, 6) is -0.202. The van der Waals surface area contributed by atoms with E-state index < -0.39 is 20.0 Å². The molecule has 1 aromatic carbocycles. The molecule has 0 spiro atoms. The molecule has 0 saturated carbocycles. The van der Waals surface area contributed by atoms with Crippen LogP contribution in [0.25, 0.3) is 0 Å². The fourth-order valence-electron chi connectivity index (χ4n) is 4.48. The first-order valence-electron chi connectivity index (χ1n) is 11.6. The van der Waals surface area contributed by atoms with Gasteiger partial charge in [0, 0.05) is 51.9 Å². The van der Waals surface area contributed by atoms with Crippen molar-refractivity contribution in [2.75, 3.05) is 58.1 Å². The molecule has 3 rings (SSSR count). The Morgan fingerprint density at radius 3 is 2.44 bits per heavy atom. The van der Waals surface area contributed by atoms with Gasteiger partial charge in [-0.15, -0.1) is 0 Å². The number of piperazine rings is 1. The second-order valence-corrected chi connectivity index (χ2v) is 13.0. The molecule has 2 saturated heterocycles. The molecule has 0 unspecified atom stereocenters. The van der Waals surface area contributed by atoms with Crippen molar-refractivity contribution >= 4 is 20.0 Å². The number of hydrogen-bond donors (Lipinski definition) is 1. The number of aryl methyl sites for hydroxylation is 2. The van der Waals surface area contributed by atoms with Crippen LogP contribution in [0.4, 0.5) is 0 Å². The Morgan fingerprint density at radius 2 is 1.75 bits per heavy atom. The average Bonchev–Trinajstić information content (AvgIpc) is 2.77. The fraction of sp³-hybridized carbons (Fsp3) is 0.727. The molecule has 2 fully saturated rings. The van der Waals surface area contributed by atoms with E-state index in [0.717, 1.165) is 24.9 Å². The lowest BCUT2D eigenvalue weighted by Gasteiger charge is -2.35. The minimum Gasteiger partial charge on any atom is -0.314 e. The normalized spacial score (nSPS) is 21.8. The third kappa shape index (κ3) is 6.30. The Morgan fingerprint density at radius 1 is 1.03 bits per heavy atom. The molecule has 1 aromatic rings. The molecule has 182 valence electrons. The zero-order chi connectivity index (χ0) is 23.4. The van der Waals surface area contributed by atoms with Crippen LogP contribution in [0.5, 0.6) is 0 Å². The lowest BCUT2D eigenvalue weighted by atomic mass is 10.0. The average molecular weight is 487 g/mol. The van der Waals surface area contributed by atoms with Crippen molar-refractivity contribution in [2.24, 2.45) is 0 Å². The van der Waals surface area contributed by atoms with Crippen molar-refractivity contribution in [3.8, 4) is 0 Å². The molecule has 2 heterocycles. The maximum Gasteiger partial charge on any atom is 0.243 e. The van der Waals surface area contributed by atoms with Crippen molar-refractivity contribution in [1.29, 1.82) is 0 Å². The van der Waals surface area contributed by atoms with Crippen molar-refractivity contribution < 1.29 is 16.8 Å². The summed E-state index contributed by atoms with van der Waals surface area (Å²) < 4.78 is 55.9. The van der Waals surface area contributed by atoms with E-state index in [-0.39, 0.29) is 23.7 Å². The Hall–Kier alpha value is -1.04. The smallest absolute Gasteiger partial charge is 0.243 e. The fourth-order valence-corrected chi connectivity index (χ4v) is 7.78. The largest absolute Gasteiger partial charge is 0.314 e. The molecule has 0 aromatic heterocycles. The third-order valence-corrected chi connectivity index (χ3v) is 10.5. The molecule has 2 aliphatic rings. The van der Waals surface area contributed by atoms with E-state index in [1.165, 1.54) is 15.0 Å². The number of nitrogens with zero attached hydrogens (tertiary/aromatic N) is 3. The summed E-state index contributed by atoms with van der Waals surface area (Å²) >= 11 is 0. The van der Waals surface area contributed by atoms with Gasteiger partial charge in [0.05, 0.1) is 10.6 Å². The minimum atomic E-state index is -3.81. The highest BCUT2D eigenvalue weighted by molar-refractivity contribution is 7.90. The first-order chi connectivity index (χ1) is 15.1. The maximum atomic E-state index is 13.6. The van der Waals surface area contributed by atoms with Crippen LogP contribution in [0.3, 0.4) is 0 Å². The molecule has 0 amide bonds. The summed E-state index contributed by atoms with van der Waals surface area (Å²) in [5, 5.41) is 3.15. The van der Waals surface area contributed by atoms with Gasteiger partial charge in [-0.2, -0.15) is 8.61 Å². The summed E-state index contributed by atoms with van der Waals surface area (Å²) in [6.07, 6.45) is 3.43. The maximum absolute atomic E-state index is 13.6. The lowest BCUT2D eigenvalue weighted by molar-refractivity contribution is 0.152. The van der Waals surface area contributed by atoms with E-state index in [0.29, 0.717) is 44.3 Å². The van der Waals surface area contributed by atoms with E-state index in [4.69, 9.17) is 0 Å². The summed E-state index contributed by atoms with van der Waals surface area (Å²) in [4.78, 5) is 2.59. The molecular weight excluding hydrogens is 448 g/mol. The van der Waals surface area contributed by atoms with E-state index in [2.05, 4.69) is 17.1 Å². The van der Waals surface area contributed by atoms with E-state index in [1.807, 2.05) is 19.1 Å². The van der Waals surface area contributed by atoms with Gasteiger partial charge in [-0.1, -0.05) is 18.6 Å². The molecule has 8 nitrogen and oxygen atoms in total. The Kier molecular flexibility index (Phi) is 8.73. The van der Waals surface area contributed by atoms with Gasteiger partial charge in [-0.3, -0.25) is 4.90 Å². The second kappa shape index (κ2) is 10.9. The van der Waals surface area contributed by atoms with Gasteiger partial charge in [-0.05, 0) is 57.4 Å². The van der Waals surface area contributed by atoms with Gasteiger partial charge >= 0.3 is 0 Å². The van der Waals surface area contributed by atoms with Crippen molar-refractivity contribution in [2.45, 2.75) is 51.0 Å². The van der Waals surface area contributed by atoms with Gasteiger partial charge in [0.15, 0.2) is 0 Å². The zero-order valence-corrected chi connectivity index (χ0v) is 21.2. The lowest BCUT2D eigenvalue weighted by Crippen LogP contribution is -2.49. The molecule has 32 heavy (non-hydrogen) atoms. The van der Waals surface area contributed by atoms with E-state index in [1.54, 1.807) is 13.0 Å². The summed E-state index contributed by atoms with van der Waals surface area (Å²) in [7, 11) is -7.33. The quantitative estimate of drug-likeness (QED) is 0.568. The van der Waals surface area contributed by atoms with E-state index in [9.17, 15) is 16.8 Å². The van der Waals surface area contributed by atoms with Crippen molar-refractivity contribution in [3.05, 3.63) is 29.3 Å². The summed E-state index contributed by atoms with van der Waals surface area (Å²) in [6, 6.07) is 5.80. The monoisotopic (exact) mass is 486 g/mol. The van der Waals surface area contributed by atoms with Crippen LogP contribution >= 0.6 is 0 Å². The number of piperidine rings is 1. The summed E-state index contributed by atoms with van der Waals surface area (Å²) in [5.41, 5.74) is 1.55. The predicted molar refractivity (Wildman–Crippen MR) is 128 cm³/mol. The van der Waals surface area contributed by atoms with Crippen LogP contribution in [0.15, 0.2) is 23.1 Å². The molecule has 0 aliphatic carbocycles. The predicted octanol–water partition coefficient (Wildman–Crippen LogP) is 1.40. The third-order valence-electron chi connectivity index (χ3n) is 6.61. The number of rotatable bonds is 9. The van der Waals surface area contributed by atoms with Crippen molar-refractivity contribution in [3.63, 3.8) is 0 Å². The molecule has 0 radical (unpaired) electrons. The van der Waals surface area contributed by atoms with Gasteiger partial charge < -0.3 is 5.32 Å². The van der Waals surface area contributed by atoms with Crippen LogP contribution in [0.2, 0.25) is 0 Å². The molecule has 1 atom stereocenters. The second-order valence-electron chi connectivity index (χ2n) is 9.02. The first kappa shape index (κ1) is 25.6. The van der Waals surface area contributed by atoms with Crippen LogP contribution in [0.1, 0.15) is 37.3 Å². The SMILES string of the molecule is Cc1ccc(C)c(S(=O)(=O)N(CCN2CCCC[C@H]2C)CCS(=O)(=O)N2CCNCC2)c1. The van der Waals surface area contributed by atoms with Gasteiger partial charge in [-0.25, -0.2) is 16.8 Å². The minimum absolute atomic E-state index is 0.0375. The Balaban J connectivity index is 1.80. The number of benzene rings is 1. The topological polar surface area (TPSA) is 90.0 Å². The van der Waals surface area contributed by atoms with Crippen LogP contribution < -0.4 is 5.32 Å². The molecule has 10 heteroatoms. The highest BCUT2D eigenvalue weighted by atomic mass is 32.2. The van der Waals surface area contributed by atoms with Gasteiger partial charge in [0.2, 0.25) is 20.0 Å². The van der Waals surface area contributed by atoms with Crippen LogP contribution in [-0.2, 0) is 20.0 Å². The molecule has 0 bridgehead atoms. The first-order valence-corrected chi connectivity index (χ1v) is 14.7. The number of sulfonamides is 2. The highest BCUT2D eigenvalue weighted by Gasteiger charge is 2.31. The van der Waals surface area contributed by atoms with Gasteiger partial charge in [0.25, 0.3) is 0 Å². The van der Waals surface area contributed by atoms with Crippen LogP contribution in [0, 0.1) is 13.8 Å². The summed E-state index contributed by atoms with van der Waals surface area (Å²) in [6.45, 7) is 9.75. The molecule has 1 N–H and O–H groups in total. The molecular formula is C22H38N4O4S2. The Labute approximate surface area is 194 Å². The highest BCUT2D eigenvalue weighted by Crippen LogP contribution is 2.23. The number of hydrogen-bond acceptors (Lipinski definition) is 6. The molecule has 2 aliphatic heterocycles. The van der Waals surface area contributed by atoms with Crippen molar-refractivity contribution in [1.82, 2.24) is 18.8 Å².